The molecular weight excluding hydrogens is 258 g/mol. The Kier molecular flexibility index (Phi) is 5.19. The molecule has 0 spiro atoms. The average molecular weight is 279 g/mol. The van der Waals surface area contributed by atoms with Gasteiger partial charge in [0.2, 0.25) is 0 Å². The number of nitrogens with zero attached hydrogens (tertiary/aromatic N) is 2. The van der Waals surface area contributed by atoms with Gasteiger partial charge in [0.15, 0.2) is 5.78 Å². The van der Waals surface area contributed by atoms with E-state index >= 15 is 0 Å². The molecule has 0 saturated carbocycles. The molecule has 1 amide bonds. The molecule has 0 saturated heterocycles. The van der Waals surface area contributed by atoms with Crippen LogP contribution in [0.3, 0.4) is 0 Å². The number of amides is 1. The van der Waals surface area contributed by atoms with Gasteiger partial charge in [-0.05, 0) is 40.2 Å². The average Bonchev–Trinajstić information content (AvgIpc) is 2.28. The van der Waals surface area contributed by atoms with Crippen molar-refractivity contribution in [2.24, 2.45) is 0 Å². The maximum Gasteiger partial charge on any atom is 0.408 e. The van der Waals surface area contributed by atoms with Gasteiger partial charge < -0.3 is 10.1 Å². The Balaban J connectivity index is 2.68. The van der Waals surface area contributed by atoms with Crippen molar-refractivity contribution in [1.82, 2.24) is 15.3 Å². The third-order valence-electron chi connectivity index (χ3n) is 2.46. The quantitative estimate of drug-likeness (QED) is 0.909. The van der Waals surface area contributed by atoms with Crippen molar-refractivity contribution in [3.05, 3.63) is 23.8 Å². The standard InChI is InChI=1S/C14H21N3O3/c1-9(18)12(17-13(19)20-14(3,4)5)6-11-7-15-10(2)16-8-11/h7-8,12H,6H2,1-5H3,(H,17,19)/t12-/m0/s1. The van der Waals surface area contributed by atoms with E-state index in [9.17, 15) is 9.59 Å². The Morgan fingerprint density at radius 2 is 1.85 bits per heavy atom. The number of hydrogen-bond donors (Lipinski definition) is 1. The molecule has 20 heavy (non-hydrogen) atoms. The van der Waals surface area contributed by atoms with E-state index in [2.05, 4.69) is 15.3 Å². The van der Waals surface area contributed by atoms with E-state index in [1.807, 2.05) is 0 Å². The first-order chi connectivity index (χ1) is 9.17. The first kappa shape index (κ1) is 16.1. The fourth-order valence-corrected chi connectivity index (χ4v) is 1.51. The second-order valence-electron chi connectivity index (χ2n) is 5.65. The minimum atomic E-state index is -0.642. The first-order valence-corrected chi connectivity index (χ1v) is 6.45. The number of nitrogens with one attached hydrogen (secondary N) is 1. The Morgan fingerprint density at radius 3 is 2.30 bits per heavy atom. The van der Waals surface area contributed by atoms with Crippen LogP contribution in [0.25, 0.3) is 0 Å². The van der Waals surface area contributed by atoms with Crippen LogP contribution in [-0.4, -0.2) is 33.5 Å². The van der Waals surface area contributed by atoms with Crippen molar-refractivity contribution in [2.75, 3.05) is 0 Å². The number of alkyl carbamates (subject to hydrolysis) is 1. The van der Waals surface area contributed by atoms with E-state index in [-0.39, 0.29) is 5.78 Å². The molecule has 110 valence electrons. The molecule has 1 aromatic heterocycles. The fourth-order valence-electron chi connectivity index (χ4n) is 1.51. The van der Waals surface area contributed by atoms with Crippen molar-refractivity contribution < 1.29 is 14.3 Å². The maximum absolute atomic E-state index is 11.7. The molecule has 0 aliphatic heterocycles. The van der Waals surface area contributed by atoms with Crippen molar-refractivity contribution in [2.45, 2.75) is 52.7 Å². The summed E-state index contributed by atoms with van der Waals surface area (Å²) in [7, 11) is 0. The molecule has 1 heterocycles. The van der Waals surface area contributed by atoms with Gasteiger partial charge in [0, 0.05) is 18.8 Å². The van der Waals surface area contributed by atoms with Gasteiger partial charge in [-0.15, -0.1) is 0 Å². The molecule has 0 aliphatic rings. The molecule has 1 rings (SSSR count). The predicted octanol–water partition coefficient (Wildman–Crippen LogP) is 1.81. The molecule has 6 nitrogen and oxygen atoms in total. The largest absolute Gasteiger partial charge is 0.444 e. The van der Waals surface area contributed by atoms with Crippen LogP contribution in [0.1, 0.15) is 39.1 Å². The van der Waals surface area contributed by atoms with Crippen molar-refractivity contribution >= 4 is 11.9 Å². The van der Waals surface area contributed by atoms with Crippen LogP contribution in [0.15, 0.2) is 12.4 Å². The number of ether oxygens (including phenoxy) is 1. The van der Waals surface area contributed by atoms with E-state index in [0.717, 1.165) is 5.56 Å². The van der Waals surface area contributed by atoms with Crippen LogP contribution in [0.2, 0.25) is 0 Å². The Hall–Kier alpha value is -1.98. The molecule has 0 aromatic carbocycles. The lowest BCUT2D eigenvalue weighted by atomic mass is 10.1. The summed E-state index contributed by atoms with van der Waals surface area (Å²) in [5.41, 5.74) is 0.185. The Morgan fingerprint density at radius 1 is 1.30 bits per heavy atom. The fraction of sp³-hybridized carbons (Fsp3) is 0.571. The topological polar surface area (TPSA) is 81.2 Å². The molecule has 0 fully saturated rings. The molecule has 0 radical (unpaired) electrons. The monoisotopic (exact) mass is 279 g/mol. The molecule has 1 N–H and O–H groups in total. The van der Waals surface area contributed by atoms with Gasteiger partial charge in [-0.25, -0.2) is 14.8 Å². The Labute approximate surface area is 119 Å². The second-order valence-corrected chi connectivity index (χ2v) is 5.65. The third-order valence-corrected chi connectivity index (χ3v) is 2.46. The van der Waals surface area contributed by atoms with Gasteiger partial charge in [0.1, 0.15) is 11.4 Å². The van der Waals surface area contributed by atoms with Crippen LogP contribution in [-0.2, 0) is 16.0 Å². The zero-order valence-corrected chi connectivity index (χ0v) is 12.6. The lowest BCUT2D eigenvalue weighted by Gasteiger charge is -2.22. The smallest absolute Gasteiger partial charge is 0.408 e. The first-order valence-electron chi connectivity index (χ1n) is 6.45. The molecule has 0 aliphatic carbocycles. The summed E-state index contributed by atoms with van der Waals surface area (Å²) in [5.74, 6) is 0.518. The van der Waals surface area contributed by atoms with E-state index in [4.69, 9.17) is 4.74 Å². The molecule has 1 atom stereocenters. The molecule has 0 bridgehead atoms. The number of carbonyl (C=O) groups excluding carboxylic acids is 2. The highest BCUT2D eigenvalue weighted by molar-refractivity contribution is 5.85. The molecule has 0 unspecified atom stereocenters. The highest BCUT2D eigenvalue weighted by Gasteiger charge is 2.22. The number of aryl methyl sites for hydroxylation is 1. The van der Waals surface area contributed by atoms with Crippen molar-refractivity contribution in [3.8, 4) is 0 Å². The number of Topliss-reactive ketones (excluding diaryl/α,β-unsaturated/α-hetero) is 1. The van der Waals surface area contributed by atoms with Crippen LogP contribution in [0.5, 0.6) is 0 Å². The number of ketones is 1. The lowest BCUT2D eigenvalue weighted by molar-refractivity contribution is -0.119. The Bertz CT molecular complexity index is 477. The van der Waals surface area contributed by atoms with Gasteiger partial charge >= 0.3 is 6.09 Å². The van der Waals surface area contributed by atoms with Crippen molar-refractivity contribution in [3.63, 3.8) is 0 Å². The molecular formula is C14H21N3O3. The summed E-state index contributed by atoms with van der Waals surface area (Å²) >= 11 is 0. The van der Waals surface area contributed by atoms with E-state index < -0.39 is 17.7 Å². The zero-order chi connectivity index (χ0) is 15.3. The number of carbonyl (C=O) groups is 2. The van der Waals surface area contributed by atoms with Gasteiger partial charge in [0.25, 0.3) is 0 Å². The minimum Gasteiger partial charge on any atom is -0.444 e. The van der Waals surface area contributed by atoms with Crippen LogP contribution >= 0.6 is 0 Å². The highest BCUT2D eigenvalue weighted by Crippen LogP contribution is 2.08. The van der Waals surface area contributed by atoms with E-state index in [1.165, 1.54) is 6.92 Å². The molecule has 6 heteroatoms. The van der Waals surface area contributed by atoms with Crippen LogP contribution < -0.4 is 5.32 Å². The summed E-state index contributed by atoms with van der Waals surface area (Å²) in [4.78, 5) is 31.4. The summed E-state index contributed by atoms with van der Waals surface area (Å²) in [6, 6.07) is -0.642. The second kappa shape index (κ2) is 6.45. The summed E-state index contributed by atoms with van der Waals surface area (Å²) in [5, 5.41) is 2.57. The number of rotatable bonds is 4. The predicted molar refractivity (Wildman–Crippen MR) is 74.3 cm³/mol. The zero-order valence-electron chi connectivity index (χ0n) is 12.6. The normalized spacial score (nSPS) is 12.7. The maximum atomic E-state index is 11.7. The van der Waals surface area contributed by atoms with Crippen molar-refractivity contribution in [1.29, 1.82) is 0 Å². The third kappa shape index (κ3) is 5.77. The summed E-state index contributed by atoms with van der Waals surface area (Å²) in [6.07, 6.45) is 3.03. The SMILES string of the molecule is CC(=O)[C@H](Cc1cnc(C)nc1)NC(=O)OC(C)(C)C. The number of aromatic nitrogens is 2. The van der Waals surface area contributed by atoms with Gasteiger partial charge in [0.05, 0.1) is 6.04 Å². The van der Waals surface area contributed by atoms with Crippen LogP contribution in [0, 0.1) is 6.92 Å². The van der Waals surface area contributed by atoms with Crippen LogP contribution in [0.4, 0.5) is 4.79 Å². The van der Waals surface area contributed by atoms with E-state index in [0.29, 0.717) is 12.2 Å². The molecule has 1 aromatic rings. The minimum absolute atomic E-state index is 0.142. The summed E-state index contributed by atoms with van der Waals surface area (Å²) < 4.78 is 5.14. The van der Waals surface area contributed by atoms with E-state index in [1.54, 1.807) is 40.1 Å². The summed E-state index contributed by atoms with van der Waals surface area (Å²) in [6.45, 7) is 8.51. The lowest BCUT2D eigenvalue weighted by Crippen LogP contribution is -2.43. The number of hydrogen-bond acceptors (Lipinski definition) is 5. The van der Waals surface area contributed by atoms with Gasteiger partial charge in [-0.1, -0.05) is 0 Å². The van der Waals surface area contributed by atoms with Gasteiger partial charge in [-0.2, -0.15) is 0 Å². The van der Waals surface area contributed by atoms with Gasteiger partial charge in [-0.3, -0.25) is 4.79 Å². The highest BCUT2D eigenvalue weighted by atomic mass is 16.6.